The number of alkyl halides is 2. The standard InChI is InChI=1S/C20H25F2N7O/c21-18(22)15-11-17(27-19(25-15)13-1-2-13)29-6-4-14(12-29)24-16-3-5-23-20(26-16)28-7-9-30-10-8-28/h3,5,11,13-14,18H,1-2,4,6-10,12H2,(H,23,24,26). The van der Waals surface area contributed by atoms with Crippen LogP contribution < -0.4 is 15.1 Å². The van der Waals surface area contributed by atoms with E-state index in [1.54, 1.807) is 6.20 Å². The molecule has 0 aromatic carbocycles. The van der Waals surface area contributed by atoms with Gasteiger partial charge in [-0.2, -0.15) is 4.98 Å². The highest BCUT2D eigenvalue weighted by Gasteiger charge is 2.31. The minimum atomic E-state index is -2.58. The van der Waals surface area contributed by atoms with Gasteiger partial charge in [0, 0.05) is 50.4 Å². The average molecular weight is 417 g/mol. The molecular weight excluding hydrogens is 392 g/mol. The Bertz CT molecular complexity index is 869. The molecule has 2 aromatic rings. The van der Waals surface area contributed by atoms with Crippen molar-refractivity contribution in [3.8, 4) is 0 Å². The third-order valence-electron chi connectivity index (χ3n) is 5.72. The molecule has 1 N–H and O–H groups in total. The summed E-state index contributed by atoms with van der Waals surface area (Å²) in [5.41, 5.74) is -0.177. The second-order valence-electron chi connectivity index (χ2n) is 8.00. The van der Waals surface area contributed by atoms with Crippen molar-refractivity contribution in [2.45, 2.75) is 37.6 Å². The van der Waals surface area contributed by atoms with Gasteiger partial charge < -0.3 is 19.9 Å². The van der Waals surface area contributed by atoms with E-state index in [-0.39, 0.29) is 17.7 Å². The number of morpholine rings is 1. The lowest BCUT2D eigenvalue weighted by molar-refractivity contribution is 0.122. The van der Waals surface area contributed by atoms with Crippen LogP contribution in [0.5, 0.6) is 0 Å². The van der Waals surface area contributed by atoms with E-state index < -0.39 is 6.43 Å². The monoisotopic (exact) mass is 417 g/mol. The molecule has 30 heavy (non-hydrogen) atoms. The highest BCUT2D eigenvalue weighted by molar-refractivity contribution is 5.46. The van der Waals surface area contributed by atoms with Crippen molar-refractivity contribution in [1.82, 2.24) is 19.9 Å². The van der Waals surface area contributed by atoms with E-state index >= 15 is 0 Å². The zero-order valence-electron chi connectivity index (χ0n) is 16.7. The fourth-order valence-electron chi connectivity index (χ4n) is 3.91. The van der Waals surface area contributed by atoms with E-state index in [4.69, 9.17) is 4.74 Å². The summed E-state index contributed by atoms with van der Waals surface area (Å²) < 4.78 is 32.0. The van der Waals surface area contributed by atoms with Gasteiger partial charge in [-0.3, -0.25) is 0 Å². The number of rotatable bonds is 6. The lowest BCUT2D eigenvalue weighted by Crippen LogP contribution is -2.37. The molecular formula is C20H25F2N7O. The van der Waals surface area contributed by atoms with Crippen LogP contribution in [0, 0.1) is 0 Å². The van der Waals surface area contributed by atoms with Crippen molar-refractivity contribution in [3.05, 3.63) is 29.8 Å². The van der Waals surface area contributed by atoms with Gasteiger partial charge in [-0.1, -0.05) is 0 Å². The van der Waals surface area contributed by atoms with Crippen molar-refractivity contribution in [1.29, 1.82) is 0 Å². The smallest absolute Gasteiger partial charge is 0.280 e. The first-order chi connectivity index (χ1) is 14.7. The van der Waals surface area contributed by atoms with E-state index in [9.17, 15) is 8.78 Å². The minimum Gasteiger partial charge on any atom is -0.378 e. The molecule has 2 saturated heterocycles. The van der Waals surface area contributed by atoms with E-state index in [1.165, 1.54) is 6.07 Å². The van der Waals surface area contributed by atoms with E-state index in [2.05, 4.69) is 35.1 Å². The van der Waals surface area contributed by atoms with Gasteiger partial charge in [0.05, 0.1) is 13.2 Å². The van der Waals surface area contributed by atoms with Gasteiger partial charge in [0.25, 0.3) is 6.43 Å². The van der Waals surface area contributed by atoms with Crippen LogP contribution in [-0.4, -0.2) is 65.4 Å². The topological polar surface area (TPSA) is 79.3 Å². The number of nitrogens with one attached hydrogen (secondary N) is 1. The molecule has 8 nitrogen and oxygen atoms in total. The second kappa shape index (κ2) is 8.25. The maximum absolute atomic E-state index is 13.3. The van der Waals surface area contributed by atoms with Gasteiger partial charge in [-0.05, 0) is 25.3 Å². The highest BCUT2D eigenvalue weighted by atomic mass is 19.3. The summed E-state index contributed by atoms with van der Waals surface area (Å²) in [6, 6.07) is 3.45. The number of aromatic nitrogens is 4. The number of hydrogen-bond donors (Lipinski definition) is 1. The van der Waals surface area contributed by atoms with Gasteiger partial charge >= 0.3 is 0 Å². The molecule has 10 heteroatoms. The summed E-state index contributed by atoms with van der Waals surface area (Å²) in [4.78, 5) is 21.9. The van der Waals surface area contributed by atoms with Crippen molar-refractivity contribution < 1.29 is 13.5 Å². The van der Waals surface area contributed by atoms with Gasteiger partial charge in [-0.15, -0.1) is 0 Å². The number of nitrogens with zero attached hydrogens (tertiary/aromatic N) is 6. The third kappa shape index (κ3) is 4.28. The second-order valence-corrected chi connectivity index (χ2v) is 8.00. The molecule has 1 saturated carbocycles. The molecule has 160 valence electrons. The Kier molecular flexibility index (Phi) is 5.32. The molecule has 3 aliphatic rings. The molecule has 3 fully saturated rings. The maximum atomic E-state index is 13.3. The van der Waals surface area contributed by atoms with Crippen LogP contribution in [0.1, 0.15) is 43.1 Å². The van der Waals surface area contributed by atoms with Gasteiger partial charge in [-0.25, -0.2) is 23.7 Å². The molecule has 0 amide bonds. The van der Waals surface area contributed by atoms with Crippen molar-refractivity contribution in [2.75, 3.05) is 54.5 Å². The lowest BCUT2D eigenvalue weighted by Gasteiger charge is -2.27. The number of anilines is 3. The van der Waals surface area contributed by atoms with Crippen LogP contribution in [0.4, 0.5) is 26.4 Å². The lowest BCUT2D eigenvalue weighted by atomic mass is 10.2. The normalized spacial score (nSPS) is 22.0. The third-order valence-corrected chi connectivity index (χ3v) is 5.72. The van der Waals surface area contributed by atoms with E-state index in [0.29, 0.717) is 37.3 Å². The Morgan fingerprint density at radius 2 is 1.87 bits per heavy atom. The predicted molar refractivity (Wildman–Crippen MR) is 108 cm³/mol. The quantitative estimate of drug-likeness (QED) is 0.769. The molecule has 1 atom stereocenters. The van der Waals surface area contributed by atoms with Crippen molar-refractivity contribution in [3.63, 3.8) is 0 Å². The Labute approximate surface area is 173 Å². The number of ether oxygens (including phenoxy) is 1. The summed E-state index contributed by atoms with van der Waals surface area (Å²) in [5, 5.41) is 3.46. The molecule has 1 unspecified atom stereocenters. The molecule has 1 aliphatic carbocycles. The zero-order valence-corrected chi connectivity index (χ0v) is 16.7. The Morgan fingerprint density at radius 3 is 2.63 bits per heavy atom. The fraction of sp³-hybridized carbons (Fsp3) is 0.600. The summed E-state index contributed by atoms with van der Waals surface area (Å²) >= 11 is 0. The number of halogens is 2. The molecule has 2 aliphatic heterocycles. The van der Waals surface area contributed by atoms with Crippen molar-refractivity contribution in [2.24, 2.45) is 0 Å². The van der Waals surface area contributed by atoms with Crippen LogP contribution in [0.3, 0.4) is 0 Å². The van der Waals surface area contributed by atoms with Gasteiger partial charge in [0.15, 0.2) is 0 Å². The fourth-order valence-corrected chi connectivity index (χ4v) is 3.91. The van der Waals surface area contributed by atoms with Crippen molar-refractivity contribution >= 4 is 17.6 Å². The van der Waals surface area contributed by atoms with Crippen LogP contribution in [0.15, 0.2) is 18.3 Å². The maximum Gasteiger partial charge on any atom is 0.280 e. The zero-order chi connectivity index (χ0) is 20.5. The predicted octanol–water partition coefficient (Wildman–Crippen LogP) is 2.61. The first-order valence-electron chi connectivity index (χ1n) is 10.5. The highest BCUT2D eigenvalue weighted by Crippen LogP contribution is 2.39. The summed E-state index contributed by atoms with van der Waals surface area (Å²) in [7, 11) is 0. The molecule has 0 bridgehead atoms. The Morgan fingerprint density at radius 1 is 1.03 bits per heavy atom. The molecule has 0 radical (unpaired) electrons. The van der Waals surface area contributed by atoms with Crippen LogP contribution in [-0.2, 0) is 4.74 Å². The first-order valence-corrected chi connectivity index (χ1v) is 10.5. The first kappa shape index (κ1) is 19.3. The molecule has 0 spiro atoms. The minimum absolute atomic E-state index is 0.159. The molecule has 2 aromatic heterocycles. The van der Waals surface area contributed by atoms with E-state index in [0.717, 1.165) is 44.7 Å². The van der Waals surface area contributed by atoms with Crippen LogP contribution >= 0.6 is 0 Å². The van der Waals surface area contributed by atoms with Crippen LogP contribution in [0.25, 0.3) is 0 Å². The SMILES string of the molecule is FC(F)c1cc(N2CCC(Nc3ccnc(N4CCOCC4)n3)C2)nc(C2CC2)n1. The van der Waals surface area contributed by atoms with Gasteiger partial charge in [0.2, 0.25) is 5.95 Å². The Balaban J connectivity index is 1.26. The van der Waals surface area contributed by atoms with Crippen LogP contribution in [0.2, 0.25) is 0 Å². The van der Waals surface area contributed by atoms with Gasteiger partial charge in [0.1, 0.15) is 23.2 Å². The largest absolute Gasteiger partial charge is 0.378 e. The Hall–Kier alpha value is -2.62. The average Bonchev–Trinajstić information content (AvgIpc) is 3.53. The molecule has 4 heterocycles. The van der Waals surface area contributed by atoms with E-state index in [1.807, 2.05) is 6.07 Å². The summed E-state index contributed by atoms with van der Waals surface area (Å²) in [6.07, 6.45) is 2.02. The molecule has 5 rings (SSSR count). The summed E-state index contributed by atoms with van der Waals surface area (Å²) in [5.74, 6) is 2.87. The number of hydrogen-bond acceptors (Lipinski definition) is 8. The summed E-state index contributed by atoms with van der Waals surface area (Å²) in [6.45, 7) is 4.36.